The minimum atomic E-state index is -1.14. The quantitative estimate of drug-likeness (QED) is 0.766. The molecule has 0 radical (unpaired) electrons. The number of anilines is 1. The van der Waals surface area contributed by atoms with E-state index in [4.69, 9.17) is 10.8 Å². The van der Waals surface area contributed by atoms with Gasteiger partial charge in [0, 0.05) is 19.0 Å². The van der Waals surface area contributed by atoms with Gasteiger partial charge in [0.2, 0.25) is 5.91 Å². The highest BCUT2D eigenvalue weighted by Gasteiger charge is 2.31. The molecule has 2 rings (SSSR count). The molecule has 7 nitrogen and oxygen atoms in total. The minimum absolute atomic E-state index is 0.0130. The van der Waals surface area contributed by atoms with Crippen molar-refractivity contribution in [3.63, 3.8) is 0 Å². The molecule has 3 N–H and O–H groups in total. The molecule has 1 heterocycles. The number of methoxy groups -OCH3 is 1. The molecule has 1 atom stereocenters. The highest BCUT2D eigenvalue weighted by atomic mass is 16.5. The Morgan fingerprint density at radius 3 is 2.65 bits per heavy atom. The number of aromatic carboxylic acids is 1. The van der Waals surface area contributed by atoms with Gasteiger partial charge in [-0.3, -0.25) is 4.79 Å². The van der Waals surface area contributed by atoms with Crippen molar-refractivity contribution in [3.05, 3.63) is 29.3 Å². The van der Waals surface area contributed by atoms with Gasteiger partial charge in [0.05, 0.1) is 23.9 Å². The van der Waals surface area contributed by atoms with Gasteiger partial charge in [-0.25, -0.2) is 9.59 Å². The van der Waals surface area contributed by atoms with Crippen molar-refractivity contribution in [2.45, 2.75) is 12.5 Å². The van der Waals surface area contributed by atoms with Crippen LogP contribution in [0.1, 0.15) is 27.1 Å². The van der Waals surface area contributed by atoms with E-state index in [1.807, 2.05) is 0 Å². The molecule has 106 valence electrons. The zero-order valence-electron chi connectivity index (χ0n) is 10.8. The van der Waals surface area contributed by atoms with Gasteiger partial charge in [-0.1, -0.05) is 0 Å². The maximum Gasteiger partial charge on any atom is 0.339 e. The van der Waals surface area contributed by atoms with Crippen LogP contribution in [0.5, 0.6) is 0 Å². The summed E-state index contributed by atoms with van der Waals surface area (Å²) in [5, 5.41) is 9.01. The fourth-order valence-corrected chi connectivity index (χ4v) is 2.14. The van der Waals surface area contributed by atoms with E-state index < -0.39 is 11.9 Å². The first-order valence-electron chi connectivity index (χ1n) is 5.95. The Hall–Kier alpha value is -2.41. The Morgan fingerprint density at radius 1 is 1.45 bits per heavy atom. The molecular formula is C13H14N2O5. The summed E-state index contributed by atoms with van der Waals surface area (Å²) in [5.41, 5.74) is 6.06. The van der Waals surface area contributed by atoms with Crippen molar-refractivity contribution in [3.8, 4) is 0 Å². The van der Waals surface area contributed by atoms with Crippen LogP contribution in [-0.2, 0) is 9.53 Å². The zero-order valence-corrected chi connectivity index (χ0v) is 10.8. The van der Waals surface area contributed by atoms with E-state index in [1.165, 1.54) is 30.2 Å². The number of ether oxygens (including phenoxy) is 1. The smallest absolute Gasteiger partial charge is 0.339 e. The summed E-state index contributed by atoms with van der Waals surface area (Å²) in [6, 6.07) is 3.58. The SMILES string of the molecule is COC(=O)c1ccc(C(=O)O)cc1N1CC(N)CC1=O. The molecule has 0 aromatic heterocycles. The number of hydrogen-bond donors (Lipinski definition) is 2. The summed E-state index contributed by atoms with van der Waals surface area (Å²) in [7, 11) is 1.22. The second-order valence-corrected chi connectivity index (χ2v) is 4.50. The summed E-state index contributed by atoms with van der Waals surface area (Å²) in [5.74, 6) is -2.02. The first-order chi connectivity index (χ1) is 9.43. The van der Waals surface area contributed by atoms with Gasteiger partial charge in [0.15, 0.2) is 0 Å². The molecule has 1 aliphatic rings. The Morgan fingerprint density at radius 2 is 2.15 bits per heavy atom. The number of amides is 1. The molecule has 1 unspecified atom stereocenters. The average Bonchev–Trinajstić information content (AvgIpc) is 2.76. The molecule has 1 fully saturated rings. The van der Waals surface area contributed by atoms with Crippen molar-refractivity contribution in [1.29, 1.82) is 0 Å². The van der Waals surface area contributed by atoms with E-state index in [0.29, 0.717) is 0 Å². The van der Waals surface area contributed by atoms with Crippen LogP contribution in [0.2, 0.25) is 0 Å². The van der Waals surface area contributed by atoms with E-state index >= 15 is 0 Å². The second kappa shape index (κ2) is 5.30. The highest BCUT2D eigenvalue weighted by molar-refractivity contribution is 6.05. The van der Waals surface area contributed by atoms with Crippen LogP contribution in [0.25, 0.3) is 0 Å². The summed E-state index contributed by atoms with van der Waals surface area (Å²) in [6.45, 7) is 0.242. The highest BCUT2D eigenvalue weighted by Crippen LogP contribution is 2.27. The lowest BCUT2D eigenvalue weighted by Gasteiger charge is -2.19. The molecule has 1 aromatic carbocycles. The molecule has 7 heteroatoms. The number of carbonyl (C=O) groups is 3. The molecular weight excluding hydrogens is 264 g/mol. The molecule has 0 saturated carbocycles. The summed E-state index contributed by atoms with van der Waals surface area (Å²) in [4.78, 5) is 35.9. The third-order valence-electron chi connectivity index (χ3n) is 3.10. The number of carboxylic acid groups (broad SMARTS) is 1. The summed E-state index contributed by atoms with van der Waals surface area (Å²) in [6.07, 6.45) is 0.165. The van der Waals surface area contributed by atoms with Crippen molar-refractivity contribution in [1.82, 2.24) is 0 Å². The van der Waals surface area contributed by atoms with Crippen molar-refractivity contribution < 1.29 is 24.2 Å². The van der Waals surface area contributed by atoms with Gasteiger partial charge in [0.1, 0.15) is 0 Å². The maximum atomic E-state index is 11.9. The molecule has 1 amide bonds. The van der Waals surface area contributed by atoms with Crippen LogP contribution < -0.4 is 10.6 Å². The van der Waals surface area contributed by atoms with Crippen LogP contribution in [0.15, 0.2) is 18.2 Å². The van der Waals surface area contributed by atoms with E-state index in [1.54, 1.807) is 0 Å². The monoisotopic (exact) mass is 278 g/mol. The number of carboxylic acids is 1. The molecule has 1 saturated heterocycles. The molecule has 1 aromatic rings. The van der Waals surface area contributed by atoms with Crippen molar-refractivity contribution in [2.75, 3.05) is 18.6 Å². The van der Waals surface area contributed by atoms with E-state index in [9.17, 15) is 14.4 Å². The zero-order chi connectivity index (χ0) is 14.9. The molecule has 0 spiro atoms. The van der Waals surface area contributed by atoms with Gasteiger partial charge in [-0.15, -0.1) is 0 Å². The standard InChI is InChI=1S/C13H14N2O5/c1-20-13(19)9-3-2-7(12(17)18)4-10(9)15-6-8(14)5-11(15)16/h2-4,8H,5-6,14H2,1H3,(H,17,18). The molecule has 1 aliphatic heterocycles. The number of carbonyl (C=O) groups excluding carboxylic acids is 2. The first-order valence-corrected chi connectivity index (χ1v) is 5.95. The summed E-state index contributed by atoms with van der Waals surface area (Å²) >= 11 is 0. The van der Waals surface area contributed by atoms with Gasteiger partial charge in [0.25, 0.3) is 0 Å². The normalized spacial score (nSPS) is 18.2. The van der Waals surface area contributed by atoms with Gasteiger partial charge in [-0.2, -0.15) is 0 Å². The Bertz CT molecular complexity index is 584. The predicted octanol–water partition coefficient (Wildman–Crippen LogP) is 0.235. The molecule has 0 bridgehead atoms. The number of nitrogens with two attached hydrogens (primary N) is 1. The van der Waals surface area contributed by atoms with Gasteiger partial charge in [-0.05, 0) is 18.2 Å². The van der Waals surface area contributed by atoms with E-state index in [0.717, 1.165) is 0 Å². The lowest BCUT2D eigenvalue weighted by molar-refractivity contribution is -0.117. The lowest BCUT2D eigenvalue weighted by atomic mass is 10.1. The third kappa shape index (κ3) is 2.48. The first kappa shape index (κ1) is 14.0. The number of hydrogen-bond acceptors (Lipinski definition) is 5. The van der Waals surface area contributed by atoms with Crippen LogP contribution in [0.3, 0.4) is 0 Å². The number of nitrogens with zero attached hydrogens (tertiary/aromatic N) is 1. The van der Waals surface area contributed by atoms with Crippen LogP contribution in [0, 0.1) is 0 Å². The van der Waals surface area contributed by atoms with E-state index in [-0.39, 0.29) is 41.7 Å². The topological polar surface area (TPSA) is 110 Å². The third-order valence-corrected chi connectivity index (χ3v) is 3.10. The number of benzene rings is 1. The number of rotatable bonds is 3. The van der Waals surface area contributed by atoms with Crippen LogP contribution in [-0.4, -0.2) is 42.6 Å². The summed E-state index contributed by atoms with van der Waals surface area (Å²) < 4.78 is 4.64. The van der Waals surface area contributed by atoms with Crippen molar-refractivity contribution in [2.24, 2.45) is 5.73 Å². The lowest BCUT2D eigenvalue weighted by Crippen LogP contribution is -2.29. The van der Waals surface area contributed by atoms with Crippen LogP contribution in [0.4, 0.5) is 5.69 Å². The van der Waals surface area contributed by atoms with Gasteiger partial charge < -0.3 is 20.5 Å². The predicted molar refractivity (Wildman–Crippen MR) is 69.7 cm³/mol. The van der Waals surface area contributed by atoms with E-state index in [2.05, 4.69) is 4.74 Å². The molecule has 20 heavy (non-hydrogen) atoms. The number of esters is 1. The minimum Gasteiger partial charge on any atom is -0.478 e. The average molecular weight is 278 g/mol. The largest absolute Gasteiger partial charge is 0.478 e. The second-order valence-electron chi connectivity index (χ2n) is 4.50. The Balaban J connectivity index is 2.52. The molecule has 0 aliphatic carbocycles. The fourth-order valence-electron chi connectivity index (χ4n) is 2.14. The van der Waals surface area contributed by atoms with Crippen LogP contribution >= 0.6 is 0 Å². The Labute approximate surface area is 114 Å². The fraction of sp³-hybridized carbons (Fsp3) is 0.308. The Kier molecular flexibility index (Phi) is 3.71. The van der Waals surface area contributed by atoms with Gasteiger partial charge >= 0.3 is 11.9 Å². The maximum absolute atomic E-state index is 11.9. The van der Waals surface area contributed by atoms with Crippen molar-refractivity contribution >= 4 is 23.5 Å².